The molecule has 2 fully saturated rings. The number of rotatable bonds is 0. The first-order valence-electron chi connectivity index (χ1n) is 3.90. The van der Waals surface area contributed by atoms with E-state index in [1.54, 1.807) is 0 Å². The van der Waals surface area contributed by atoms with Crippen LogP contribution in [0.4, 0.5) is 0 Å². The molecule has 0 aromatic carbocycles. The topological polar surface area (TPSA) is 17.1 Å². The van der Waals surface area contributed by atoms with Gasteiger partial charge in [0.25, 0.3) is 0 Å². The number of allylic oxidation sites excluding steroid dienone is 2. The van der Waals surface area contributed by atoms with Gasteiger partial charge in [0.2, 0.25) is 0 Å². The summed E-state index contributed by atoms with van der Waals surface area (Å²) in [6.45, 7) is 4.10. The van der Waals surface area contributed by atoms with Crippen LogP contribution in [0.15, 0.2) is 11.1 Å². The van der Waals surface area contributed by atoms with Crippen LogP contribution in [-0.2, 0) is 4.79 Å². The van der Waals surface area contributed by atoms with Crippen molar-refractivity contribution < 1.29 is 4.79 Å². The molecule has 0 radical (unpaired) electrons. The molecule has 10 heavy (non-hydrogen) atoms. The van der Waals surface area contributed by atoms with Crippen molar-refractivity contribution in [2.24, 2.45) is 11.8 Å². The van der Waals surface area contributed by atoms with E-state index < -0.39 is 0 Å². The predicted molar refractivity (Wildman–Crippen MR) is 39.6 cm³/mol. The Kier molecular flexibility index (Phi) is 1.05. The van der Waals surface area contributed by atoms with Crippen molar-refractivity contribution in [3.8, 4) is 0 Å². The molecule has 1 nitrogen and oxygen atoms in total. The van der Waals surface area contributed by atoms with Gasteiger partial charge in [0.15, 0.2) is 5.78 Å². The molecule has 2 unspecified atom stereocenters. The predicted octanol–water partition coefficient (Wildman–Crippen LogP) is 1.93. The van der Waals surface area contributed by atoms with Crippen LogP contribution in [0.2, 0.25) is 0 Å². The fourth-order valence-electron chi connectivity index (χ4n) is 2.03. The molecular weight excluding hydrogens is 124 g/mol. The molecule has 2 aliphatic rings. The lowest BCUT2D eigenvalue weighted by molar-refractivity contribution is -0.115. The van der Waals surface area contributed by atoms with E-state index in [1.165, 1.54) is 12.0 Å². The molecule has 0 bridgehead atoms. The first-order valence-corrected chi connectivity index (χ1v) is 3.90. The van der Waals surface area contributed by atoms with E-state index in [0.29, 0.717) is 11.7 Å². The van der Waals surface area contributed by atoms with Gasteiger partial charge in [-0.1, -0.05) is 5.57 Å². The molecule has 0 aromatic heterocycles. The van der Waals surface area contributed by atoms with Gasteiger partial charge < -0.3 is 0 Å². The van der Waals surface area contributed by atoms with Crippen molar-refractivity contribution in [3.05, 3.63) is 11.1 Å². The van der Waals surface area contributed by atoms with E-state index in [-0.39, 0.29) is 0 Å². The van der Waals surface area contributed by atoms with Gasteiger partial charge in [-0.05, 0) is 37.7 Å². The summed E-state index contributed by atoms with van der Waals surface area (Å²) in [7, 11) is 0. The van der Waals surface area contributed by atoms with Crippen molar-refractivity contribution in [2.75, 3.05) is 0 Å². The Morgan fingerprint density at radius 2 is 2.20 bits per heavy atom. The molecule has 0 spiro atoms. The maximum absolute atomic E-state index is 11.2. The molecule has 2 rings (SSSR count). The van der Waals surface area contributed by atoms with Crippen LogP contribution in [0, 0.1) is 11.8 Å². The van der Waals surface area contributed by atoms with Crippen LogP contribution in [0.3, 0.4) is 0 Å². The summed E-state index contributed by atoms with van der Waals surface area (Å²) in [4.78, 5) is 11.2. The number of hydrogen-bond acceptors (Lipinski definition) is 1. The zero-order valence-electron chi connectivity index (χ0n) is 6.48. The molecular formula is C9H12O. The molecule has 0 aliphatic heterocycles. The van der Waals surface area contributed by atoms with E-state index in [0.717, 1.165) is 17.9 Å². The third-order valence-corrected chi connectivity index (χ3v) is 2.58. The average Bonchev–Trinajstić information content (AvgIpc) is 2.42. The van der Waals surface area contributed by atoms with Gasteiger partial charge in [-0.25, -0.2) is 0 Å². The van der Waals surface area contributed by atoms with Crippen LogP contribution >= 0.6 is 0 Å². The smallest absolute Gasteiger partial charge is 0.159 e. The summed E-state index contributed by atoms with van der Waals surface area (Å²) in [6.07, 6.45) is 2.12. The number of Topliss-reactive ketones (excluding diaryl/α,β-unsaturated/α-hetero) is 1. The Balaban J connectivity index is 2.36. The van der Waals surface area contributed by atoms with Crippen LogP contribution in [0.5, 0.6) is 0 Å². The second-order valence-electron chi connectivity index (χ2n) is 3.64. The number of carbonyl (C=O) groups is 1. The Morgan fingerprint density at radius 1 is 1.50 bits per heavy atom. The minimum absolute atomic E-state index is 0.418. The molecule has 1 heteroatoms. The quantitative estimate of drug-likeness (QED) is 0.465. The van der Waals surface area contributed by atoms with Crippen LogP contribution in [0.1, 0.15) is 26.7 Å². The first kappa shape index (κ1) is 6.14. The highest BCUT2D eigenvalue weighted by Crippen LogP contribution is 2.54. The van der Waals surface area contributed by atoms with Crippen molar-refractivity contribution >= 4 is 5.78 Å². The molecule has 0 heterocycles. The number of carbonyl (C=O) groups excluding carboxylic acids is 1. The minimum Gasteiger partial charge on any atom is -0.295 e. The molecule has 0 saturated heterocycles. The molecule has 2 aliphatic carbocycles. The summed E-state index contributed by atoms with van der Waals surface area (Å²) in [5.41, 5.74) is 2.40. The van der Waals surface area contributed by atoms with Gasteiger partial charge >= 0.3 is 0 Å². The summed E-state index contributed by atoms with van der Waals surface area (Å²) in [5.74, 6) is 1.84. The molecule has 54 valence electrons. The van der Waals surface area contributed by atoms with E-state index >= 15 is 0 Å². The van der Waals surface area contributed by atoms with Gasteiger partial charge in [-0.3, -0.25) is 4.79 Å². The summed E-state index contributed by atoms with van der Waals surface area (Å²) in [6, 6.07) is 0. The highest BCUT2D eigenvalue weighted by molar-refractivity contribution is 6.00. The van der Waals surface area contributed by atoms with E-state index in [1.807, 2.05) is 13.8 Å². The normalized spacial score (nSPS) is 36.2. The molecule has 0 aromatic rings. The second-order valence-corrected chi connectivity index (χ2v) is 3.64. The van der Waals surface area contributed by atoms with Crippen molar-refractivity contribution in [2.45, 2.75) is 26.7 Å². The summed E-state index contributed by atoms with van der Waals surface area (Å²) in [5, 5.41) is 0. The third-order valence-electron chi connectivity index (χ3n) is 2.58. The number of fused-ring (bicyclic) bond motifs is 1. The highest BCUT2D eigenvalue weighted by atomic mass is 16.1. The standard InChI is InChI=1S/C9H12O/c1-5(2)9-7-3-6(7)4-8(9)10/h6-7H,3-4H2,1-2H3. The SMILES string of the molecule is CC(C)=C1C(=O)CC2CC12. The lowest BCUT2D eigenvalue weighted by atomic mass is 10.1. The van der Waals surface area contributed by atoms with Crippen LogP contribution in [0.25, 0.3) is 0 Å². The summed E-state index contributed by atoms with van der Waals surface area (Å²) >= 11 is 0. The number of ketones is 1. The Morgan fingerprint density at radius 3 is 2.50 bits per heavy atom. The van der Waals surface area contributed by atoms with E-state index in [2.05, 4.69) is 0 Å². The summed E-state index contributed by atoms with van der Waals surface area (Å²) < 4.78 is 0. The van der Waals surface area contributed by atoms with Gasteiger partial charge in [0.1, 0.15) is 0 Å². The Bertz CT molecular complexity index is 221. The van der Waals surface area contributed by atoms with Crippen LogP contribution < -0.4 is 0 Å². The highest BCUT2D eigenvalue weighted by Gasteiger charge is 2.49. The molecule has 0 amide bonds. The Labute approximate surface area is 61.1 Å². The fraction of sp³-hybridized carbons (Fsp3) is 0.667. The van der Waals surface area contributed by atoms with Gasteiger partial charge in [-0.2, -0.15) is 0 Å². The maximum atomic E-state index is 11.2. The molecule has 0 N–H and O–H groups in total. The lowest BCUT2D eigenvalue weighted by Crippen LogP contribution is -1.98. The zero-order valence-corrected chi connectivity index (χ0v) is 6.48. The first-order chi connectivity index (χ1) is 4.70. The van der Waals surface area contributed by atoms with Gasteiger partial charge in [0, 0.05) is 6.42 Å². The molecule has 2 saturated carbocycles. The molecule has 2 atom stereocenters. The number of hydrogen-bond donors (Lipinski definition) is 0. The van der Waals surface area contributed by atoms with E-state index in [9.17, 15) is 4.79 Å². The third kappa shape index (κ3) is 0.664. The van der Waals surface area contributed by atoms with E-state index in [4.69, 9.17) is 0 Å². The van der Waals surface area contributed by atoms with Crippen molar-refractivity contribution in [1.82, 2.24) is 0 Å². The lowest BCUT2D eigenvalue weighted by Gasteiger charge is -1.99. The Hall–Kier alpha value is -0.590. The van der Waals surface area contributed by atoms with Crippen molar-refractivity contribution in [1.29, 1.82) is 0 Å². The van der Waals surface area contributed by atoms with Gasteiger partial charge in [-0.15, -0.1) is 0 Å². The average molecular weight is 136 g/mol. The maximum Gasteiger partial charge on any atom is 0.159 e. The monoisotopic (exact) mass is 136 g/mol. The second kappa shape index (κ2) is 1.71. The van der Waals surface area contributed by atoms with Crippen LogP contribution in [-0.4, -0.2) is 5.78 Å². The van der Waals surface area contributed by atoms with Crippen molar-refractivity contribution in [3.63, 3.8) is 0 Å². The minimum atomic E-state index is 0.418. The zero-order chi connectivity index (χ0) is 7.30. The largest absolute Gasteiger partial charge is 0.295 e. The fourth-order valence-corrected chi connectivity index (χ4v) is 2.03. The van der Waals surface area contributed by atoms with Gasteiger partial charge in [0.05, 0.1) is 0 Å².